The molecule has 6 nitrogen and oxygen atoms in total. The number of nitrogens with zero attached hydrogens (tertiary/aromatic N) is 1. The monoisotopic (exact) mass is 533 g/mol. The molecule has 4 rings (SSSR count). The van der Waals surface area contributed by atoms with E-state index in [1.165, 1.54) is 12.0 Å². The Hall–Kier alpha value is -3.99. The predicted octanol–water partition coefficient (Wildman–Crippen LogP) is 5.49. The lowest BCUT2D eigenvalue weighted by Gasteiger charge is -2.31. The van der Waals surface area contributed by atoms with Crippen LogP contribution in [0.15, 0.2) is 48.5 Å². The van der Waals surface area contributed by atoms with Crippen molar-refractivity contribution in [3.63, 3.8) is 0 Å². The summed E-state index contributed by atoms with van der Waals surface area (Å²) < 4.78 is 73.5. The number of nitrogens with one attached hydrogen (secondary N) is 2. The summed E-state index contributed by atoms with van der Waals surface area (Å²) in [5, 5.41) is 5.58. The van der Waals surface area contributed by atoms with Gasteiger partial charge in [-0.2, -0.15) is 0 Å². The first-order valence-corrected chi connectivity index (χ1v) is 11.8. The van der Waals surface area contributed by atoms with Crippen LogP contribution in [0.2, 0.25) is 0 Å². The standard InChI is InChI=1S/C27H24F5N3O3/c1-38-17-8-6-15(7-9-17)26(36)33-19-4-2-3-5-20(19)34-27(37)16-10-12-35(13-11-16)14-18-21(28)23(30)25(32)24(31)22(18)29/h2-9,16H,10-14H2,1H3,(H,33,36)(H,34,37). The van der Waals surface area contributed by atoms with E-state index >= 15 is 0 Å². The Morgan fingerprint density at radius 3 is 1.89 bits per heavy atom. The molecule has 0 unspecified atom stereocenters. The molecular weight excluding hydrogens is 509 g/mol. The average molecular weight is 533 g/mol. The maximum Gasteiger partial charge on any atom is 0.255 e. The maximum atomic E-state index is 14.0. The second kappa shape index (κ2) is 11.6. The molecular formula is C27H24F5N3O3. The Labute approximate surface area is 215 Å². The smallest absolute Gasteiger partial charge is 0.255 e. The molecule has 38 heavy (non-hydrogen) atoms. The lowest BCUT2D eigenvalue weighted by molar-refractivity contribution is -0.121. The normalized spacial score (nSPS) is 14.3. The fourth-order valence-electron chi connectivity index (χ4n) is 4.24. The molecule has 0 saturated carbocycles. The van der Waals surface area contributed by atoms with Crippen LogP contribution in [0.25, 0.3) is 0 Å². The van der Waals surface area contributed by atoms with E-state index in [9.17, 15) is 31.5 Å². The number of carbonyl (C=O) groups excluding carboxylic acids is 2. The third-order valence-electron chi connectivity index (χ3n) is 6.43. The minimum absolute atomic E-state index is 0.216. The Morgan fingerprint density at radius 1 is 0.816 bits per heavy atom. The van der Waals surface area contributed by atoms with Gasteiger partial charge in [0.25, 0.3) is 5.91 Å². The number of benzene rings is 3. The van der Waals surface area contributed by atoms with Crippen LogP contribution in [0.1, 0.15) is 28.8 Å². The fraction of sp³-hybridized carbons (Fsp3) is 0.259. The van der Waals surface area contributed by atoms with Crippen LogP contribution in [0.3, 0.4) is 0 Å². The van der Waals surface area contributed by atoms with E-state index < -0.39 is 47.1 Å². The van der Waals surface area contributed by atoms with Crippen molar-refractivity contribution >= 4 is 23.2 Å². The van der Waals surface area contributed by atoms with Crippen molar-refractivity contribution in [2.75, 3.05) is 30.8 Å². The molecule has 0 aromatic heterocycles. The van der Waals surface area contributed by atoms with Gasteiger partial charge in [0.15, 0.2) is 23.3 Å². The van der Waals surface area contributed by atoms with Crippen molar-refractivity contribution in [1.29, 1.82) is 0 Å². The lowest BCUT2D eigenvalue weighted by atomic mass is 9.95. The molecule has 0 aliphatic carbocycles. The molecule has 200 valence electrons. The Bertz CT molecular complexity index is 1310. The number of hydrogen-bond acceptors (Lipinski definition) is 4. The van der Waals surface area contributed by atoms with Gasteiger partial charge in [-0.25, -0.2) is 22.0 Å². The zero-order valence-corrected chi connectivity index (χ0v) is 20.3. The third-order valence-corrected chi connectivity index (χ3v) is 6.43. The number of halogens is 5. The second-order valence-corrected chi connectivity index (χ2v) is 8.82. The molecule has 1 aliphatic heterocycles. The minimum Gasteiger partial charge on any atom is -0.497 e. The van der Waals surface area contributed by atoms with Crippen LogP contribution in [0.4, 0.5) is 33.3 Å². The van der Waals surface area contributed by atoms with Gasteiger partial charge < -0.3 is 15.4 Å². The molecule has 3 aromatic carbocycles. The second-order valence-electron chi connectivity index (χ2n) is 8.82. The summed E-state index contributed by atoms with van der Waals surface area (Å²) >= 11 is 0. The van der Waals surface area contributed by atoms with E-state index in [0.717, 1.165) is 0 Å². The van der Waals surface area contributed by atoms with Crippen LogP contribution in [-0.2, 0) is 11.3 Å². The maximum absolute atomic E-state index is 14.0. The summed E-state index contributed by atoms with van der Waals surface area (Å²) in [6, 6.07) is 13.2. The number of rotatable bonds is 7. The largest absolute Gasteiger partial charge is 0.497 e. The molecule has 1 fully saturated rings. The average Bonchev–Trinajstić information content (AvgIpc) is 2.94. The topological polar surface area (TPSA) is 70.7 Å². The lowest BCUT2D eigenvalue weighted by Crippen LogP contribution is -2.38. The number of amides is 2. The highest BCUT2D eigenvalue weighted by atomic mass is 19.2. The molecule has 0 atom stereocenters. The number of anilines is 2. The fourth-order valence-corrected chi connectivity index (χ4v) is 4.24. The van der Waals surface area contributed by atoms with Crippen LogP contribution < -0.4 is 15.4 Å². The molecule has 1 saturated heterocycles. The summed E-state index contributed by atoms with van der Waals surface area (Å²) in [7, 11) is 1.52. The molecule has 1 aliphatic rings. The summed E-state index contributed by atoms with van der Waals surface area (Å²) in [5.41, 5.74) is 0.285. The highest BCUT2D eigenvalue weighted by Gasteiger charge is 2.30. The Balaban J connectivity index is 1.36. The molecule has 0 spiro atoms. The van der Waals surface area contributed by atoms with E-state index in [1.54, 1.807) is 48.5 Å². The molecule has 11 heteroatoms. The van der Waals surface area contributed by atoms with Gasteiger partial charge in [0, 0.05) is 23.6 Å². The molecule has 0 bridgehead atoms. The molecule has 0 radical (unpaired) electrons. The van der Waals surface area contributed by atoms with E-state index in [2.05, 4.69) is 10.6 Å². The zero-order valence-electron chi connectivity index (χ0n) is 20.3. The number of ether oxygens (including phenoxy) is 1. The molecule has 3 aromatic rings. The first kappa shape index (κ1) is 27.1. The van der Waals surface area contributed by atoms with Gasteiger partial charge in [-0.15, -0.1) is 0 Å². The third kappa shape index (κ3) is 5.77. The number of methoxy groups -OCH3 is 1. The van der Waals surface area contributed by atoms with Gasteiger partial charge in [-0.1, -0.05) is 12.1 Å². The van der Waals surface area contributed by atoms with Crippen LogP contribution in [0.5, 0.6) is 5.75 Å². The summed E-state index contributed by atoms with van der Waals surface area (Å²) in [4.78, 5) is 27.1. The highest BCUT2D eigenvalue weighted by molar-refractivity contribution is 6.07. The molecule has 2 N–H and O–H groups in total. The van der Waals surface area contributed by atoms with E-state index in [-0.39, 0.29) is 24.9 Å². The van der Waals surface area contributed by atoms with Gasteiger partial charge in [0.1, 0.15) is 5.75 Å². The van der Waals surface area contributed by atoms with E-state index in [4.69, 9.17) is 4.74 Å². The number of carbonyl (C=O) groups is 2. The van der Waals surface area contributed by atoms with Crippen LogP contribution >= 0.6 is 0 Å². The van der Waals surface area contributed by atoms with Crippen molar-refractivity contribution in [2.45, 2.75) is 19.4 Å². The van der Waals surface area contributed by atoms with Crippen molar-refractivity contribution < 1.29 is 36.3 Å². The van der Waals surface area contributed by atoms with Gasteiger partial charge in [-0.3, -0.25) is 14.5 Å². The van der Waals surface area contributed by atoms with Gasteiger partial charge in [0.05, 0.1) is 18.5 Å². The highest BCUT2D eigenvalue weighted by Crippen LogP contribution is 2.28. The Kier molecular flexibility index (Phi) is 8.26. The van der Waals surface area contributed by atoms with Crippen molar-refractivity contribution in [3.8, 4) is 5.75 Å². The van der Waals surface area contributed by atoms with Crippen LogP contribution in [0, 0.1) is 35.0 Å². The van der Waals surface area contributed by atoms with Crippen LogP contribution in [-0.4, -0.2) is 36.9 Å². The number of piperidine rings is 1. The quantitative estimate of drug-likeness (QED) is 0.239. The summed E-state index contributed by atoms with van der Waals surface area (Å²) in [6.07, 6.45) is 0.614. The van der Waals surface area contributed by atoms with Gasteiger partial charge >= 0.3 is 0 Å². The van der Waals surface area contributed by atoms with Gasteiger partial charge in [0.2, 0.25) is 11.7 Å². The van der Waals surface area contributed by atoms with Crippen molar-refractivity contribution in [2.24, 2.45) is 5.92 Å². The molecule has 1 heterocycles. The summed E-state index contributed by atoms with van der Waals surface area (Å²) in [5.74, 6) is -10.4. The molecule has 2 amide bonds. The zero-order chi connectivity index (χ0) is 27.4. The first-order valence-electron chi connectivity index (χ1n) is 11.8. The number of para-hydroxylation sites is 2. The van der Waals surface area contributed by atoms with Crippen molar-refractivity contribution in [3.05, 3.63) is 88.7 Å². The van der Waals surface area contributed by atoms with E-state index in [0.29, 0.717) is 35.5 Å². The van der Waals surface area contributed by atoms with Gasteiger partial charge in [-0.05, 0) is 62.3 Å². The number of hydrogen-bond donors (Lipinski definition) is 2. The van der Waals surface area contributed by atoms with Crippen molar-refractivity contribution in [1.82, 2.24) is 4.90 Å². The number of likely N-dealkylation sites (tertiary alicyclic amines) is 1. The summed E-state index contributed by atoms with van der Waals surface area (Å²) in [6.45, 7) is -0.0405. The SMILES string of the molecule is COc1ccc(C(=O)Nc2ccccc2NC(=O)C2CCN(Cc3c(F)c(F)c(F)c(F)c3F)CC2)cc1. The predicted molar refractivity (Wildman–Crippen MR) is 130 cm³/mol. The Morgan fingerprint density at radius 2 is 1.34 bits per heavy atom. The van der Waals surface area contributed by atoms with E-state index in [1.807, 2.05) is 0 Å². The first-order chi connectivity index (χ1) is 18.2. The minimum atomic E-state index is -2.19.